The van der Waals surface area contributed by atoms with Crippen molar-refractivity contribution in [3.8, 4) is 50.2 Å². The third kappa shape index (κ3) is 5.68. The molecule has 2 amide bonds. The Labute approximate surface area is 338 Å². The predicted octanol–water partition coefficient (Wildman–Crippen LogP) is 13.5. The van der Waals surface area contributed by atoms with Crippen LogP contribution in [0.3, 0.4) is 0 Å². The minimum Gasteiger partial charge on any atom is -0.307 e. The largest absolute Gasteiger partial charge is 0.307 e. The summed E-state index contributed by atoms with van der Waals surface area (Å²) in [4.78, 5) is 31.5. The number of fused-ring (bicyclic) bond motifs is 4. The van der Waals surface area contributed by atoms with Gasteiger partial charge >= 0.3 is 0 Å². The average Bonchev–Trinajstić information content (AvgIpc) is 3.71. The molecule has 8 aromatic carbocycles. The Hall–Kier alpha value is -7.30. The maximum Gasteiger partial charge on any atom is 0.268 e. The van der Waals surface area contributed by atoms with Crippen molar-refractivity contribution in [2.45, 2.75) is 27.7 Å². The van der Waals surface area contributed by atoms with Gasteiger partial charge in [-0.05, 0) is 79.8 Å². The third-order valence-electron chi connectivity index (χ3n) is 11.4. The van der Waals surface area contributed by atoms with Crippen LogP contribution in [0.1, 0.15) is 43.0 Å². The number of benzene rings is 8. The van der Waals surface area contributed by atoms with Crippen LogP contribution in [-0.4, -0.2) is 16.4 Å². The Bertz CT molecular complexity index is 2990. The summed E-state index contributed by atoms with van der Waals surface area (Å²) in [6, 6.07) is 58.1. The lowest BCUT2D eigenvalue weighted by Crippen LogP contribution is -2.30. The number of anilines is 1. The van der Waals surface area contributed by atoms with Crippen LogP contribution < -0.4 is 4.90 Å². The van der Waals surface area contributed by atoms with Gasteiger partial charge in [-0.2, -0.15) is 0 Å². The topological polar surface area (TPSA) is 42.3 Å². The first-order chi connectivity index (χ1) is 28.2. The second-order valence-electron chi connectivity index (χ2n) is 15.6. The molecule has 0 spiro atoms. The zero-order valence-electron chi connectivity index (χ0n) is 32.9. The van der Waals surface area contributed by atoms with Crippen molar-refractivity contribution in [1.82, 2.24) is 4.57 Å². The molecule has 2 heterocycles. The van der Waals surface area contributed by atoms with E-state index in [0.29, 0.717) is 22.5 Å². The Balaban J connectivity index is 1.26. The van der Waals surface area contributed by atoms with Crippen LogP contribution in [0, 0.1) is 27.7 Å². The fraction of sp³-hybridized carbons (Fsp3) is 0.0741. The number of para-hydroxylation sites is 2. The fourth-order valence-corrected chi connectivity index (χ4v) is 9.15. The lowest BCUT2D eigenvalue weighted by molar-refractivity contribution is 0.0926. The second kappa shape index (κ2) is 13.7. The van der Waals surface area contributed by atoms with E-state index in [1.54, 1.807) is 6.07 Å². The maximum absolute atomic E-state index is 15.3. The Morgan fingerprint density at radius 2 is 0.845 bits per heavy atom. The van der Waals surface area contributed by atoms with Gasteiger partial charge in [0.05, 0.1) is 33.5 Å². The Morgan fingerprint density at radius 1 is 0.345 bits per heavy atom. The van der Waals surface area contributed by atoms with Crippen LogP contribution in [0.15, 0.2) is 170 Å². The summed E-state index contributed by atoms with van der Waals surface area (Å²) in [7, 11) is 0. The van der Waals surface area contributed by atoms with Gasteiger partial charge in [-0.1, -0.05) is 168 Å². The van der Waals surface area contributed by atoms with E-state index in [1.807, 2.05) is 72.8 Å². The molecule has 0 atom stereocenters. The van der Waals surface area contributed by atoms with Crippen molar-refractivity contribution in [2.75, 3.05) is 4.90 Å². The van der Waals surface area contributed by atoms with Crippen LogP contribution in [0.5, 0.6) is 0 Å². The molecular formula is C54H40N2O2. The van der Waals surface area contributed by atoms with Crippen molar-refractivity contribution in [2.24, 2.45) is 0 Å². The summed E-state index contributed by atoms with van der Waals surface area (Å²) < 4.78 is 2.26. The molecule has 278 valence electrons. The van der Waals surface area contributed by atoms with Crippen molar-refractivity contribution >= 4 is 39.3 Å². The van der Waals surface area contributed by atoms with E-state index in [2.05, 4.69) is 123 Å². The summed E-state index contributed by atoms with van der Waals surface area (Å²) in [5, 5.41) is 2.15. The smallest absolute Gasteiger partial charge is 0.268 e. The molecule has 0 fully saturated rings. The van der Waals surface area contributed by atoms with Crippen LogP contribution in [-0.2, 0) is 0 Å². The zero-order chi connectivity index (χ0) is 39.7. The maximum atomic E-state index is 15.3. The number of imide groups is 1. The van der Waals surface area contributed by atoms with Gasteiger partial charge in [0.25, 0.3) is 11.8 Å². The Morgan fingerprint density at radius 3 is 1.40 bits per heavy atom. The molecule has 9 aromatic rings. The zero-order valence-corrected chi connectivity index (χ0v) is 32.9. The molecule has 0 N–H and O–H groups in total. The molecule has 1 aliphatic heterocycles. The number of hydrogen-bond donors (Lipinski definition) is 0. The van der Waals surface area contributed by atoms with E-state index in [0.717, 1.165) is 66.3 Å². The van der Waals surface area contributed by atoms with Gasteiger partial charge in [0.2, 0.25) is 0 Å². The standard InChI is InChI=1S/C54H40N2O2/c1-33-26-34(2)29-40(28-33)42-18-11-20-44-45-21-12-19-43(41-30-35(3)27-36(4)31-41)52(45)55(51(42)44)49-23-13-22-46-50(49)54(58)56(53(46)57)48-25-24-39(37-14-7-5-8-15-37)32-47(48)38-16-9-6-10-17-38/h5-32H,1-4H3. The molecule has 0 saturated carbocycles. The van der Waals surface area contributed by atoms with Gasteiger partial charge in [-0.25, -0.2) is 4.90 Å². The number of aromatic nitrogens is 1. The normalized spacial score (nSPS) is 12.5. The van der Waals surface area contributed by atoms with Crippen molar-refractivity contribution < 1.29 is 9.59 Å². The molecule has 1 aliphatic rings. The van der Waals surface area contributed by atoms with E-state index in [4.69, 9.17) is 0 Å². The van der Waals surface area contributed by atoms with Gasteiger partial charge in [0, 0.05) is 27.5 Å². The lowest BCUT2D eigenvalue weighted by Gasteiger charge is -2.20. The number of rotatable bonds is 6. The van der Waals surface area contributed by atoms with Gasteiger partial charge in [0.1, 0.15) is 0 Å². The highest BCUT2D eigenvalue weighted by Gasteiger charge is 2.40. The van der Waals surface area contributed by atoms with E-state index in [1.165, 1.54) is 27.2 Å². The highest BCUT2D eigenvalue weighted by molar-refractivity contribution is 6.36. The monoisotopic (exact) mass is 748 g/mol. The summed E-state index contributed by atoms with van der Waals surface area (Å²) in [6.07, 6.45) is 0. The Kier molecular flexibility index (Phi) is 8.31. The molecule has 4 nitrogen and oxygen atoms in total. The molecule has 0 saturated heterocycles. The molecule has 10 rings (SSSR count). The highest BCUT2D eigenvalue weighted by Crippen LogP contribution is 2.45. The number of nitrogens with zero attached hydrogens (tertiary/aromatic N) is 2. The molecule has 1 aromatic heterocycles. The first-order valence-corrected chi connectivity index (χ1v) is 19.8. The van der Waals surface area contributed by atoms with E-state index < -0.39 is 0 Å². The van der Waals surface area contributed by atoms with Gasteiger partial charge < -0.3 is 4.57 Å². The van der Waals surface area contributed by atoms with E-state index >= 15 is 4.79 Å². The summed E-state index contributed by atoms with van der Waals surface area (Å²) in [5.41, 5.74) is 16.8. The van der Waals surface area contributed by atoms with Crippen LogP contribution >= 0.6 is 0 Å². The van der Waals surface area contributed by atoms with E-state index in [-0.39, 0.29) is 11.8 Å². The number of carbonyl (C=O) groups excluding carboxylic acids is 2. The quantitative estimate of drug-likeness (QED) is 0.159. The van der Waals surface area contributed by atoms with Crippen molar-refractivity contribution in [3.63, 3.8) is 0 Å². The summed E-state index contributed by atoms with van der Waals surface area (Å²) in [6.45, 7) is 8.51. The first-order valence-electron chi connectivity index (χ1n) is 19.8. The SMILES string of the molecule is Cc1cc(C)cc(-c2cccc3c4cccc(-c5cc(C)cc(C)c5)c4n(-c4cccc5c4C(=O)N(c4ccc(-c6ccccc6)cc4-c4ccccc4)C5=O)c23)c1. The van der Waals surface area contributed by atoms with Gasteiger partial charge in [-0.3, -0.25) is 9.59 Å². The van der Waals surface area contributed by atoms with Crippen LogP contribution in [0.25, 0.3) is 72.0 Å². The highest BCUT2D eigenvalue weighted by atomic mass is 16.2. The fourth-order valence-electron chi connectivity index (χ4n) is 9.15. The molecular weight excluding hydrogens is 709 g/mol. The minimum atomic E-state index is -0.344. The van der Waals surface area contributed by atoms with E-state index in [9.17, 15) is 4.79 Å². The van der Waals surface area contributed by atoms with Crippen LogP contribution in [0.2, 0.25) is 0 Å². The minimum absolute atomic E-state index is 0.337. The molecule has 4 heteroatoms. The molecule has 58 heavy (non-hydrogen) atoms. The molecule has 0 bridgehead atoms. The van der Waals surface area contributed by atoms with Gasteiger partial charge in [-0.15, -0.1) is 0 Å². The summed E-state index contributed by atoms with van der Waals surface area (Å²) >= 11 is 0. The second-order valence-corrected chi connectivity index (χ2v) is 15.6. The molecule has 0 aliphatic carbocycles. The third-order valence-corrected chi connectivity index (χ3v) is 11.4. The van der Waals surface area contributed by atoms with Gasteiger partial charge in [0.15, 0.2) is 0 Å². The average molecular weight is 749 g/mol. The summed E-state index contributed by atoms with van der Waals surface area (Å²) in [5.74, 6) is -0.681. The first kappa shape index (κ1) is 35.1. The van der Waals surface area contributed by atoms with Crippen molar-refractivity contribution in [1.29, 1.82) is 0 Å². The number of aryl methyl sites for hydroxylation is 4. The number of hydrogen-bond acceptors (Lipinski definition) is 2. The van der Waals surface area contributed by atoms with Crippen molar-refractivity contribution in [3.05, 3.63) is 203 Å². The molecule has 0 unspecified atom stereocenters. The van der Waals surface area contributed by atoms with Crippen LogP contribution in [0.4, 0.5) is 5.69 Å². The molecule has 0 radical (unpaired) electrons. The number of amides is 2. The number of carbonyl (C=O) groups is 2. The predicted molar refractivity (Wildman–Crippen MR) is 239 cm³/mol. The lowest BCUT2D eigenvalue weighted by atomic mass is 9.97.